The van der Waals surface area contributed by atoms with Gasteiger partial charge in [0.25, 0.3) is 0 Å². The summed E-state index contributed by atoms with van der Waals surface area (Å²) in [7, 11) is 0. The Kier molecular flexibility index (Phi) is 3.34. The summed E-state index contributed by atoms with van der Waals surface area (Å²) in [5.74, 6) is 0.709. The first kappa shape index (κ1) is 11.6. The van der Waals surface area contributed by atoms with Crippen LogP contribution in [0.4, 0.5) is 4.79 Å². The molecule has 2 N–H and O–H groups in total. The number of alkyl carbamates (subject to hydrolysis) is 1. The molecule has 0 bridgehead atoms. The quantitative estimate of drug-likeness (QED) is 0.786. The molecule has 1 heterocycles. The first-order valence-corrected chi connectivity index (χ1v) is 4.87. The van der Waals surface area contributed by atoms with Gasteiger partial charge in [0.1, 0.15) is 11.4 Å². The van der Waals surface area contributed by atoms with Crippen molar-refractivity contribution in [2.24, 2.45) is 0 Å². The van der Waals surface area contributed by atoms with Crippen LogP contribution in [0.15, 0.2) is 12.4 Å². The SMILES string of the molecule is C[C@H](NC(=O)OC(C)(C)C)c1ncc[nH]1. The van der Waals surface area contributed by atoms with Crippen LogP contribution >= 0.6 is 0 Å². The molecule has 1 rings (SSSR count). The number of aromatic amines is 1. The summed E-state index contributed by atoms with van der Waals surface area (Å²) in [4.78, 5) is 18.4. The second-order valence-corrected chi connectivity index (χ2v) is 4.34. The van der Waals surface area contributed by atoms with Crippen molar-refractivity contribution in [3.05, 3.63) is 18.2 Å². The van der Waals surface area contributed by atoms with Gasteiger partial charge in [-0.05, 0) is 27.7 Å². The second kappa shape index (κ2) is 4.33. The van der Waals surface area contributed by atoms with Crippen LogP contribution in [0, 0.1) is 0 Å². The summed E-state index contributed by atoms with van der Waals surface area (Å²) < 4.78 is 5.11. The number of imidazole rings is 1. The van der Waals surface area contributed by atoms with E-state index in [4.69, 9.17) is 4.74 Å². The highest BCUT2D eigenvalue weighted by Gasteiger charge is 2.18. The zero-order valence-electron chi connectivity index (χ0n) is 9.50. The van der Waals surface area contributed by atoms with Crippen molar-refractivity contribution >= 4 is 6.09 Å². The molecule has 0 aliphatic carbocycles. The fraction of sp³-hybridized carbons (Fsp3) is 0.600. The van der Waals surface area contributed by atoms with Gasteiger partial charge in [-0.15, -0.1) is 0 Å². The van der Waals surface area contributed by atoms with Crippen LogP contribution in [0.2, 0.25) is 0 Å². The monoisotopic (exact) mass is 211 g/mol. The molecule has 1 atom stereocenters. The van der Waals surface area contributed by atoms with Crippen LogP contribution in [0.1, 0.15) is 39.6 Å². The molecule has 0 spiro atoms. The third-order valence-electron chi connectivity index (χ3n) is 1.66. The maximum Gasteiger partial charge on any atom is 0.408 e. The van der Waals surface area contributed by atoms with E-state index in [0.717, 1.165) is 0 Å². The van der Waals surface area contributed by atoms with E-state index in [1.807, 2.05) is 27.7 Å². The van der Waals surface area contributed by atoms with Crippen LogP contribution in [0.25, 0.3) is 0 Å². The largest absolute Gasteiger partial charge is 0.444 e. The van der Waals surface area contributed by atoms with E-state index in [2.05, 4.69) is 15.3 Å². The van der Waals surface area contributed by atoms with Crippen molar-refractivity contribution in [3.8, 4) is 0 Å². The molecule has 1 aromatic heterocycles. The number of ether oxygens (including phenoxy) is 1. The van der Waals surface area contributed by atoms with Crippen LogP contribution < -0.4 is 5.32 Å². The minimum absolute atomic E-state index is 0.185. The number of nitrogens with one attached hydrogen (secondary N) is 2. The molecular formula is C10H17N3O2. The smallest absolute Gasteiger partial charge is 0.408 e. The fourth-order valence-electron chi connectivity index (χ4n) is 1.07. The minimum atomic E-state index is -0.479. The van der Waals surface area contributed by atoms with Crippen molar-refractivity contribution in [3.63, 3.8) is 0 Å². The summed E-state index contributed by atoms with van der Waals surface area (Å²) in [5.41, 5.74) is -0.479. The molecule has 15 heavy (non-hydrogen) atoms. The highest BCUT2D eigenvalue weighted by molar-refractivity contribution is 5.68. The summed E-state index contributed by atoms with van der Waals surface area (Å²) in [6, 6.07) is -0.185. The number of hydrogen-bond donors (Lipinski definition) is 2. The highest BCUT2D eigenvalue weighted by atomic mass is 16.6. The summed E-state index contributed by atoms with van der Waals surface area (Å²) in [6.45, 7) is 7.31. The Morgan fingerprint density at radius 3 is 2.73 bits per heavy atom. The lowest BCUT2D eigenvalue weighted by atomic mass is 10.2. The lowest BCUT2D eigenvalue weighted by molar-refractivity contribution is 0.0506. The predicted octanol–water partition coefficient (Wildman–Crippen LogP) is 2.00. The summed E-state index contributed by atoms with van der Waals surface area (Å²) in [5, 5.41) is 2.68. The molecule has 84 valence electrons. The molecule has 0 aromatic carbocycles. The van der Waals surface area contributed by atoms with Crippen molar-refractivity contribution in [2.45, 2.75) is 39.3 Å². The Labute approximate surface area is 89.2 Å². The normalized spacial score (nSPS) is 13.3. The molecule has 0 radical (unpaired) electrons. The minimum Gasteiger partial charge on any atom is -0.444 e. The molecule has 5 heteroatoms. The Morgan fingerprint density at radius 2 is 2.27 bits per heavy atom. The van der Waals surface area contributed by atoms with Gasteiger partial charge in [0.2, 0.25) is 0 Å². The Hall–Kier alpha value is -1.52. The standard InChI is InChI=1S/C10H17N3O2/c1-7(8-11-5-6-12-8)13-9(14)15-10(2,3)4/h5-7H,1-4H3,(H,11,12)(H,13,14)/t7-/m0/s1. The first-order valence-electron chi connectivity index (χ1n) is 4.87. The number of hydrogen-bond acceptors (Lipinski definition) is 3. The molecule has 0 fully saturated rings. The van der Waals surface area contributed by atoms with E-state index in [0.29, 0.717) is 5.82 Å². The van der Waals surface area contributed by atoms with E-state index < -0.39 is 11.7 Å². The average Bonchev–Trinajstić information content (AvgIpc) is 2.50. The van der Waals surface area contributed by atoms with Crippen molar-refractivity contribution in [2.75, 3.05) is 0 Å². The van der Waals surface area contributed by atoms with Gasteiger partial charge in [-0.3, -0.25) is 0 Å². The maximum atomic E-state index is 11.4. The van der Waals surface area contributed by atoms with Crippen molar-refractivity contribution < 1.29 is 9.53 Å². The Morgan fingerprint density at radius 1 is 1.60 bits per heavy atom. The van der Waals surface area contributed by atoms with Gasteiger partial charge >= 0.3 is 6.09 Å². The van der Waals surface area contributed by atoms with E-state index in [-0.39, 0.29) is 6.04 Å². The Bertz CT molecular complexity index is 314. The zero-order chi connectivity index (χ0) is 11.5. The lowest BCUT2D eigenvalue weighted by Crippen LogP contribution is -2.34. The topological polar surface area (TPSA) is 67.0 Å². The Balaban J connectivity index is 2.45. The van der Waals surface area contributed by atoms with Gasteiger partial charge in [0.05, 0.1) is 6.04 Å². The van der Waals surface area contributed by atoms with Gasteiger partial charge in [-0.2, -0.15) is 0 Å². The van der Waals surface area contributed by atoms with Gasteiger partial charge in [-0.25, -0.2) is 9.78 Å². The number of carbonyl (C=O) groups excluding carboxylic acids is 1. The molecule has 0 saturated heterocycles. The van der Waals surface area contributed by atoms with E-state index in [9.17, 15) is 4.79 Å². The van der Waals surface area contributed by atoms with Gasteiger partial charge in [0.15, 0.2) is 0 Å². The molecule has 0 unspecified atom stereocenters. The van der Waals surface area contributed by atoms with Crippen LogP contribution in [-0.2, 0) is 4.74 Å². The molecule has 1 amide bonds. The van der Waals surface area contributed by atoms with E-state index in [1.54, 1.807) is 12.4 Å². The number of nitrogens with zero attached hydrogens (tertiary/aromatic N) is 1. The summed E-state index contributed by atoms with van der Waals surface area (Å²) in [6.07, 6.45) is 2.91. The molecule has 5 nitrogen and oxygen atoms in total. The third-order valence-corrected chi connectivity index (χ3v) is 1.66. The average molecular weight is 211 g/mol. The molecule has 1 aromatic rings. The third kappa shape index (κ3) is 4.01. The number of rotatable bonds is 2. The highest BCUT2D eigenvalue weighted by Crippen LogP contribution is 2.10. The number of H-pyrrole nitrogens is 1. The van der Waals surface area contributed by atoms with Gasteiger partial charge in [-0.1, -0.05) is 0 Å². The zero-order valence-corrected chi connectivity index (χ0v) is 9.50. The molecule has 0 aliphatic rings. The number of aromatic nitrogens is 2. The van der Waals surface area contributed by atoms with Crippen molar-refractivity contribution in [1.82, 2.24) is 15.3 Å². The van der Waals surface area contributed by atoms with Crippen LogP contribution in [0.3, 0.4) is 0 Å². The summed E-state index contributed by atoms with van der Waals surface area (Å²) >= 11 is 0. The van der Waals surface area contributed by atoms with E-state index in [1.165, 1.54) is 0 Å². The molecular weight excluding hydrogens is 194 g/mol. The molecule has 0 aliphatic heterocycles. The first-order chi connectivity index (χ1) is 6.88. The number of carbonyl (C=O) groups is 1. The predicted molar refractivity (Wildman–Crippen MR) is 56.4 cm³/mol. The molecule has 0 saturated carbocycles. The number of amides is 1. The van der Waals surface area contributed by atoms with Gasteiger partial charge in [0, 0.05) is 12.4 Å². The van der Waals surface area contributed by atoms with Crippen molar-refractivity contribution in [1.29, 1.82) is 0 Å². The fourth-order valence-corrected chi connectivity index (χ4v) is 1.07. The van der Waals surface area contributed by atoms with Gasteiger partial charge < -0.3 is 15.0 Å². The van der Waals surface area contributed by atoms with Crippen LogP contribution in [0.5, 0.6) is 0 Å². The van der Waals surface area contributed by atoms with E-state index >= 15 is 0 Å². The maximum absolute atomic E-state index is 11.4. The second-order valence-electron chi connectivity index (χ2n) is 4.34. The van der Waals surface area contributed by atoms with Crippen LogP contribution in [-0.4, -0.2) is 21.7 Å². The lowest BCUT2D eigenvalue weighted by Gasteiger charge is -2.21.